The normalized spacial score (nSPS) is 19.4. The highest BCUT2D eigenvalue weighted by Gasteiger charge is 2.07. The fourth-order valence-corrected chi connectivity index (χ4v) is 1.16. The first kappa shape index (κ1) is 17.5. The minimum absolute atomic E-state index is 0.922. The second kappa shape index (κ2) is 10.5. The van der Waals surface area contributed by atoms with Crippen LogP contribution in [0, 0.1) is 0 Å². The quantitative estimate of drug-likeness (QED) is 0.388. The second-order valence-corrected chi connectivity index (χ2v) is 3.88. The lowest BCUT2D eigenvalue weighted by molar-refractivity contribution is 0.0808. The molecule has 0 amide bonds. The standard InChI is InChI=1S/C15H22O4/c1-3-9-13(17)15(19)11-8-6-5-7-10-14(18)12(16)4-2/h3-19H,2H2,1H3. The van der Waals surface area contributed by atoms with Crippen LogP contribution < -0.4 is 0 Å². The fourth-order valence-electron chi connectivity index (χ4n) is 1.16. The van der Waals surface area contributed by atoms with Gasteiger partial charge in [-0.3, -0.25) is 0 Å². The Labute approximate surface area is 114 Å². The SMILES string of the molecule is C=CC(O)C(O)C=CC=CC=CC(O)C(O)C=CC. The Kier molecular flexibility index (Phi) is 9.66. The van der Waals surface area contributed by atoms with Gasteiger partial charge in [0.1, 0.15) is 24.4 Å². The van der Waals surface area contributed by atoms with Crippen LogP contribution in [-0.2, 0) is 0 Å². The van der Waals surface area contributed by atoms with Gasteiger partial charge in [0.2, 0.25) is 0 Å². The molecule has 0 radical (unpaired) electrons. The zero-order valence-electron chi connectivity index (χ0n) is 11.0. The van der Waals surface area contributed by atoms with Crippen LogP contribution in [0.4, 0.5) is 0 Å². The average Bonchev–Trinajstić information content (AvgIpc) is 2.41. The monoisotopic (exact) mass is 266 g/mol. The summed E-state index contributed by atoms with van der Waals surface area (Å²) in [6.07, 6.45) is 9.81. The molecule has 106 valence electrons. The van der Waals surface area contributed by atoms with E-state index >= 15 is 0 Å². The summed E-state index contributed by atoms with van der Waals surface area (Å²) in [6.45, 7) is 5.12. The number of hydrogen-bond acceptors (Lipinski definition) is 4. The van der Waals surface area contributed by atoms with E-state index in [-0.39, 0.29) is 0 Å². The summed E-state index contributed by atoms with van der Waals surface area (Å²) in [5.74, 6) is 0. The van der Waals surface area contributed by atoms with E-state index in [2.05, 4.69) is 6.58 Å². The first-order valence-electron chi connectivity index (χ1n) is 6.02. The number of rotatable bonds is 8. The lowest BCUT2D eigenvalue weighted by atomic mass is 10.1. The Hall–Kier alpha value is -1.46. The Morgan fingerprint density at radius 2 is 1.11 bits per heavy atom. The Morgan fingerprint density at radius 3 is 1.53 bits per heavy atom. The van der Waals surface area contributed by atoms with E-state index in [1.165, 1.54) is 24.3 Å². The molecule has 19 heavy (non-hydrogen) atoms. The van der Waals surface area contributed by atoms with Crippen molar-refractivity contribution in [3.05, 3.63) is 61.3 Å². The molecule has 0 fully saturated rings. The first-order chi connectivity index (χ1) is 9.02. The molecule has 0 spiro atoms. The number of hydrogen-bond donors (Lipinski definition) is 4. The van der Waals surface area contributed by atoms with Crippen LogP contribution in [0.5, 0.6) is 0 Å². The summed E-state index contributed by atoms with van der Waals surface area (Å²) in [4.78, 5) is 0. The largest absolute Gasteiger partial charge is 0.386 e. The van der Waals surface area contributed by atoms with Gasteiger partial charge in [0, 0.05) is 0 Å². The minimum atomic E-state index is -0.992. The second-order valence-electron chi connectivity index (χ2n) is 3.88. The van der Waals surface area contributed by atoms with Crippen molar-refractivity contribution in [1.29, 1.82) is 0 Å². The van der Waals surface area contributed by atoms with E-state index in [1.54, 1.807) is 37.3 Å². The molecular formula is C15H22O4. The van der Waals surface area contributed by atoms with Crippen molar-refractivity contribution in [2.75, 3.05) is 0 Å². The molecule has 4 N–H and O–H groups in total. The predicted octanol–water partition coefficient (Wildman–Crippen LogP) is 0.861. The molecule has 0 rings (SSSR count). The van der Waals surface area contributed by atoms with E-state index in [4.69, 9.17) is 0 Å². The van der Waals surface area contributed by atoms with Crippen LogP contribution in [0.15, 0.2) is 61.3 Å². The van der Waals surface area contributed by atoms with Gasteiger partial charge in [-0.1, -0.05) is 54.7 Å². The van der Waals surface area contributed by atoms with Gasteiger partial charge >= 0.3 is 0 Å². The van der Waals surface area contributed by atoms with E-state index in [9.17, 15) is 20.4 Å². The van der Waals surface area contributed by atoms with Crippen LogP contribution in [0.3, 0.4) is 0 Å². The molecule has 0 aromatic carbocycles. The molecular weight excluding hydrogens is 244 g/mol. The van der Waals surface area contributed by atoms with Gasteiger partial charge in [0.15, 0.2) is 0 Å². The zero-order valence-corrected chi connectivity index (χ0v) is 11.0. The number of allylic oxidation sites excluding steroid dienone is 5. The summed E-state index contributed by atoms with van der Waals surface area (Å²) < 4.78 is 0. The van der Waals surface area contributed by atoms with Gasteiger partial charge in [-0.15, -0.1) is 6.58 Å². The summed E-state index contributed by atoms with van der Waals surface area (Å²) in [5.41, 5.74) is 0. The molecule has 0 aromatic heterocycles. The van der Waals surface area contributed by atoms with Crippen LogP contribution in [-0.4, -0.2) is 44.8 Å². The van der Waals surface area contributed by atoms with Gasteiger partial charge in [-0.25, -0.2) is 0 Å². The molecule has 0 bridgehead atoms. The van der Waals surface area contributed by atoms with E-state index in [0.29, 0.717) is 0 Å². The van der Waals surface area contributed by atoms with Crippen molar-refractivity contribution in [3.8, 4) is 0 Å². The Bertz CT molecular complexity index is 355. The van der Waals surface area contributed by atoms with Crippen molar-refractivity contribution in [3.63, 3.8) is 0 Å². The lowest BCUT2D eigenvalue weighted by Crippen LogP contribution is -2.20. The van der Waals surface area contributed by atoms with E-state index < -0.39 is 24.4 Å². The van der Waals surface area contributed by atoms with Crippen molar-refractivity contribution >= 4 is 0 Å². The Morgan fingerprint density at radius 1 is 0.684 bits per heavy atom. The van der Waals surface area contributed by atoms with Crippen molar-refractivity contribution in [2.45, 2.75) is 31.3 Å². The van der Waals surface area contributed by atoms with Crippen molar-refractivity contribution in [1.82, 2.24) is 0 Å². The molecule has 0 saturated carbocycles. The first-order valence-corrected chi connectivity index (χ1v) is 6.02. The maximum Gasteiger partial charge on any atom is 0.102 e. The highest BCUT2D eigenvalue weighted by Crippen LogP contribution is 1.99. The molecule has 0 aliphatic heterocycles. The molecule has 4 atom stereocenters. The third-order valence-corrected chi connectivity index (χ3v) is 2.28. The highest BCUT2D eigenvalue weighted by molar-refractivity contribution is 5.15. The third-order valence-electron chi connectivity index (χ3n) is 2.28. The molecule has 0 aliphatic carbocycles. The fraction of sp³-hybridized carbons (Fsp3) is 0.333. The minimum Gasteiger partial charge on any atom is -0.386 e. The van der Waals surface area contributed by atoms with Crippen LogP contribution in [0.25, 0.3) is 0 Å². The predicted molar refractivity (Wildman–Crippen MR) is 76.5 cm³/mol. The van der Waals surface area contributed by atoms with Crippen molar-refractivity contribution < 1.29 is 20.4 Å². The van der Waals surface area contributed by atoms with Gasteiger partial charge in [-0.2, -0.15) is 0 Å². The van der Waals surface area contributed by atoms with Crippen LogP contribution >= 0.6 is 0 Å². The number of aliphatic hydroxyl groups is 4. The smallest absolute Gasteiger partial charge is 0.102 e. The summed E-state index contributed by atoms with van der Waals surface area (Å²) in [5, 5.41) is 37.4. The average molecular weight is 266 g/mol. The molecule has 0 saturated heterocycles. The highest BCUT2D eigenvalue weighted by atomic mass is 16.3. The van der Waals surface area contributed by atoms with Gasteiger partial charge in [0.25, 0.3) is 0 Å². The summed E-state index contributed by atoms with van der Waals surface area (Å²) >= 11 is 0. The molecule has 4 heteroatoms. The molecule has 0 aliphatic rings. The molecule has 4 unspecified atom stereocenters. The van der Waals surface area contributed by atoms with Crippen LogP contribution in [0.2, 0.25) is 0 Å². The van der Waals surface area contributed by atoms with Gasteiger partial charge in [-0.05, 0) is 6.92 Å². The molecule has 4 nitrogen and oxygen atoms in total. The topological polar surface area (TPSA) is 80.9 Å². The Balaban J connectivity index is 4.15. The maximum absolute atomic E-state index is 9.47. The summed E-state index contributed by atoms with van der Waals surface area (Å²) in [6, 6.07) is 0. The molecule has 0 aromatic rings. The zero-order chi connectivity index (χ0) is 14.7. The maximum atomic E-state index is 9.47. The van der Waals surface area contributed by atoms with Crippen LogP contribution in [0.1, 0.15) is 6.92 Å². The molecule has 0 heterocycles. The summed E-state index contributed by atoms with van der Waals surface area (Å²) in [7, 11) is 0. The van der Waals surface area contributed by atoms with E-state index in [1.807, 2.05) is 0 Å². The van der Waals surface area contributed by atoms with Gasteiger partial charge in [0.05, 0.1) is 0 Å². The lowest BCUT2D eigenvalue weighted by Gasteiger charge is -2.08. The van der Waals surface area contributed by atoms with Crippen molar-refractivity contribution in [2.24, 2.45) is 0 Å². The van der Waals surface area contributed by atoms with E-state index in [0.717, 1.165) is 0 Å². The third kappa shape index (κ3) is 8.29. The van der Waals surface area contributed by atoms with Gasteiger partial charge < -0.3 is 20.4 Å². The number of aliphatic hydroxyl groups excluding tert-OH is 4.